The molecule has 0 bridgehead atoms. The van der Waals surface area contributed by atoms with Crippen LogP contribution in [0.1, 0.15) is 41.0 Å². The quantitative estimate of drug-likeness (QED) is 0.844. The molecule has 4 rings (SSSR count). The fraction of sp³-hybridized carbons (Fsp3) is 0.500. The van der Waals surface area contributed by atoms with E-state index < -0.39 is 0 Å². The summed E-state index contributed by atoms with van der Waals surface area (Å²) in [5, 5.41) is 7.94. The lowest BCUT2D eigenvalue weighted by Gasteiger charge is -2.33. The van der Waals surface area contributed by atoms with Crippen molar-refractivity contribution in [3.05, 3.63) is 47.8 Å². The second-order valence-corrected chi connectivity index (χ2v) is 7.07. The predicted molar refractivity (Wildman–Crippen MR) is 108 cm³/mol. The number of rotatable bonds is 4. The van der Waals surface area contributed by atoms with Crippen molar-refractivity contribution < 1.29 is 14.3 Å². The van der Waals surface area contributed by atoms with Crippen molar-refractivity contribution >= 4 is 18.3 Å². The van der Waals surface area contributed by atoms with Gasteiger partial charge < -0.3 is 19.7 Å². The van der Waals surface area contributed by atoms with E-state index in [1.165, 1.54) is 0 Å². The molecule has 0 spiro atoms. The maximum absolute atomic E-state index is 13.0. The average Bonchev–Trinajstić information content (AvgIpc) is 3.24. The highest BCUT2D eigenvalue weighted by Crippen LogP contribution is 2.26. The molecule has 2 aliphatic rings. The van der Waals surface area contributed by atoms with Gasteiger partial charge in [-0.1, -0.05) is 12.1 Å². The molecule has 1 N–H and O–H groups in total. The van der Waals surface area contributed by atoms with Gasteiger partial charge in [0.2, 0.25) is 0 Å². The zero-order chi connectivity index (χ0) is 18.6. The number of morpholine rings is 1. The predicted octanol–water partition coefficient (Wildman–Crippen LogP) is 2.45. The van der Waals surface area contributed by atoms with Crippen LogP contribution in [-0.2, 0) is 4.74 Å². The first-order valence-corrected chi connectivity index (χ1v) is 9.55. The molecule has 2 saturated heterocycles. The van der Waals surface area contributed by atoms with Crippen LogP contribution in [0.3, 0.4) is 0 Å². The number of hydrogen-bond acceptors (Lipinski definition) is 5. The molecule has 2 fully saturated rings. The molecule has 28 heavy (non-hydrogen) atoms. The molecular weight excluding hydrogens is 380 g/mol. The Morgan fingerprint density at radius 2 is 2.25 bits per heavy atom. The lowest BCUT2D eigenvalue weighted by molar-refractivity contribution is -0.0231. The van der Waals surface area contributed by atoms with E-state index in [0.717, 1.165) is 37.2 Å². The van der Waals surface area contributed by atoms with Crippen molar-refractivity contribution in [1.82, 2.24) is 20.0 Å². The maximum atomic E-state index is 13.0. The molecule has 2 aliphatic heterocycles. The molecule has 7 nitrogen and oxygen atoms in total. The number of carbonyl (C=O) groups is 1. The molecule has 3 heterocycles. The van der Waals surface area contributed by atoms with Gasteiger partial charge in [-0.2, -0.15) is 5.10 Å². The van der Waals surface area contributed by atoms with E-state index in [0.29, 0.717) is 31.4 Å². The van der Waals surface area contributed by atoms with E-state index in [-0.39, 0.29) is 24.4 Å². The minimum Gasteiger partial charge on any atom is -0.497 e. The number of benzene rings is 1. The molecule has 0 radical (unpaired) electrons. The number of methoxy groups -OCH3 is 1. The second kappa shape index (κ2) is 9.41. The third kappa shape index (κ3) is 4.48. The number of amides is 1. The zero-order valence-electron chi connectivity index (χ0n) is 16.0. The Morgan fingerprint density at radius 3 is 3.04 bits per heavy atom. The van der Waals surface area contributed by atoms with Gasteiger partial charge in [-0.05, 0) is 43.1 Å². The highest BCUT2D eigenvalue weighted by molar-refractivity contribution is 5.92. The molecule has 152 valence electrons. The fourth-order valence-corrected chi connectivity index (χ4v) is 3.75. The first-order valence-electron chi connectivity index (χ1n) is 9.55. The van der Waals surface area contributed by atoms with Crippen LogP contribution in [0.2, 0.25) is 0 Å². The van der Waals surface area contributed by atoms with Gasteiger partial charge in [0.05, 0.1) is 26.3 Å². The third-order valence-corrected chi connectivity index (χ3v) is 5.29. The Bertz CT molecular complexity index is 791. The summed E-state index contributed by atoms with van der Waals surface area (Å²) in [6.45, 7) is 3.58. The van der Waals surface area contributed by atoms with Gasteiger partial charge in [0.15, 0.2) is 0 Å². The van der Waals surface area contributed by atoms with Crippen molar-refractivity contribution in [1.29, 1.82) is 0 Å². The topological polar surface area (TPSA) is 68.6 Å². The molecule has 0 aliphatic carbocycles. The Kier molecular flexibility index (Phi) is 6.93. The van der Waals surface area contributed by atoms with Crippen LogP contribution in [0.25, 0.3) is 0 Å². The van der Waals surface area contributed by atoms with E-state index in [1.54, 1.807) is 7.11 Å². The Hall–Kier alpha value is -2.09. The van der Waals surface area contributed by atoms with E-state index in [9.17, 15) is 4.79 Å². The Labute approximate surface area is 171 Å². The molecule has 2 atom stereocenters. The van der Waals surface area contributed by atoms with Crippen molar-refractivity contribution in [2.75, 3.05) is 39.9 Å². The summed E-state index contributed by atoms with van der Waals surface area (Å²) in [6, 6.07) is 9.97. The first-order chi connectivity index (χ1) is 13.2. The molecule has 1 aromatic heterocycles. The molecule has 8 heteroatoms. The summed E-state index contributed by atoms with van der Waals surface area (Å²) in [4.78, 5) is 14.8. The molecule has 0 saturated carbocycles. The van der Waals surface area contributed by atoms with E-state index in [4.69, 9.17) is 9.47 Å². The fourth-order valence-electron chi connectivity index (χ4n) is 3.75. The monoisotopic (exact) mass is 406 g/mol. The van der Waals surface area contributed by atoms with Gasteiger partial charge in [0.1, 0.15) is 17.5 Å². The molecule has 1 amide bonds. The third-order valence-electron chi connectivity index (χ3n) is 5.29. The van der Waals surface area contributed by atoms with Gasteiger partial charge in [0.25, 0.3) is 5.91 Å². The van der Waals surface area contributed by atoms with Crippen LogP contribution in [0, 0.1) is 0 Å². The van der Waals surface area contributed by atoms with Crippen molar-refractivity contribution in [2.24, 2.45) is 0 Å². The van der Waals surface area contributed by atoms with E-state index >= 15 is 0 Å². The summed E-state index contributed by atoms with van der Waals surface area (Å²) >= 11 is 0. The van der Waals surface area contributed by atoms with Crippen LogP contribution < -0.4 is 10.1 Å². The minimum absolute atomic E-state index is 0. The first kappa shape index (κ1) is 20.6. The van der Waals surface area contributed by atoms with Gasteiger partial charge in [-0.15, -0.1) is 12.4 Å². The lowest BCUT2D eigenvalue weighted by atomic mass is 10.1. The van der Waals surface area contributed by atoms with E-state index in [2.05, 4.69) is 10.4 Å². The van der Waals surface area contributed by atoms with E-state index in [1.807, 2.05) is 46.1 Å². The van der Waals surface area contributed by atoms with Crippen LogP contribution >= 0.6 is 12.4 Å². The zero-order valence-corrected chi connectivity index (χ0v) is 16.9. The lowest BCUT2D eigenvalue weighted by Crippen LogP contribution is -2.42. The van der Waals surface area contributed by atoms with Gasteiger partial charge in [0, 0.05) is 19.3 Å². The van der Waals surface area contributed by atoms with Crippen molar-refractivity contribution in [3.8, 4) is 5.75 Å². The number of nitrogens with zero attached hydrogens (tertiary/aromatic N) is 3. The van der Waals surface area contributed by atoms with Crippen LogP contribution in [0.15, 0.2) is 36.5 Å². The van der Waals surface area contributed by atoms with Crippen LogP contribution in [-0.4, -0.2) is 60.5 Å². The number of halogens is 1. The highest BCUT2D eigenvalue weighted by atomic mass is 35.5. The number of hydrogen-bond donors (Lipinski definition) is 1. The smallest absolute Gasteiger partial charge is 0.274 e. The van der Waals surface area contributed by atoms with Gasteiger partial charge in [-0.3, -0.25) is 9.48 Å². The molecule has 1 aromatic carbocycles. The summed E-state index contributed by atoms with van der Waals surface area (Å²) in [5.74, 6) is 0.757. The van der Waals surface area contributed by atoms with Crippen molar-refractivity contribution in [3.63, 3.8) is 0 Å². The van der Waals surface area contributed by atoms with Crippen LogP contribution in [0.4, 0.5) is 0 Å². The standard InChI is InChI=1S/C20H26N4O3.ClH/c1-26-17-6-2-4-15(12-17)19-14-23(10-11-27-19)20(25)18-7-9-24(22-18)16-5-3-8-21-13-16;/h2,4,6-7,9,12,16,19,21H,3,5,8,10-11,13-14H2,1H3;1H. The summed E-state index contributed by atoms with van der Waals surface area (Å²) in [7, 11) is 1.65. The summed E-state index contributed by atoms with van der Waals surface area (Å²) in [6.07, 6.45) is 4.00. The normalized spacial score (nSPS) is 22.4. The molecule has 2 unspecified atom stereocenters. The van der Waals surface area contributed by atoms with Crippen molar-refractivity contribution in [2.45, 2.75) is 25.0 Å². The van der Waals surface area contributed by atoms with Gasteiger partial charge >= 0.3 is 0 Å². The number of piperidine rings is 1. The average molecular weight is 407 g/mol. The highest BCUT2D eigenvalue weighted by Gasteiger charge is 2.28. The second-order valence-electron chi connectivity index (χ2n) is 7.07. The summed E-state index contributed by atoms with van der Waals surface area (Å²) in [5.41, 5.74) is 1.53. The SMILES string of the molecule is COc1cccc(C2CN(C(=O)c3ccn(C4CCCNC4)n3)CCO2)c1.Cl. The largest absolute Gasteiger partial charge is 0.497 e. The molecular formula is C20H27ClN4O3. The van der Waals surface area contributed by atoms with Gasteiger partial charge in [-0.25, -0.2) is 0 Å². The number of nitrogens with one attached hydrogen (secondary N) is 1. The number of carbonyl (C=O) groups excluding carboxylic acids is 1. The Balaban J connectivity index is 0.00000225. The number of ether oxygens (including phenoxy) is 2. The summed E-state index contributed by atoms with van der Waals surface area (Å²) < 4.78 is 13.1. The molecule has 2 aromatic rings. The Morgan fingerprint density at radius 1 is 1.36 bits per heavy atom. The minimum atomic E-state index is -0.151. The van der Waals surface area contributed by atoms with Crippen LogP contribution in [0.5, 0.6) is 5.75 Å². The number of aromatic nitrogens is 2. The maximum Gasteiger partial charge on any atom is 0.274 e.